The number of hydrogen-bond acceptors (Lipinski definition) is 3. The number of H-pyrrole nitrogens is 1. The third-order valence-electron chi connectivity index (χ3n) is 4.80. The number of nitrogens with zero attached hydrogens (tertiary/aromatic N) is 2. The van der Waals surface area contributed by atoms with Gasteiger partial charge in [0.05, 0.1) is 17.1 Å². The minimum absolute atomic E-state index is 0.632. The lowest BCUT2D eigenvalue weighted by molar-refractivity contribution is 0.161. The number of aromatic nitrogens is 2. The molecule has 1 fully saturated rings. The van der Waals surface area contributed by atoms with Gasteiger partial charge < -0.3 is 14.6 Å². The Hall–Kier alpha value is -1.05. The first-order chi connectivity index (χ1) is 11.6. The van der Waals surface area contributed by atoms with Gasteiger partial charge in [-0.2, -0.15) is 0 Å². The predicted octanol–water partition coefficient (Wildman–Crippen LogP) is 4.69. The van der Waals surface area contributed by atoms with E-state index < -0.39 is 0 Å². The second kappa shape index (κ2) is 6.69. The molecule has 0 unspecified atom stereocenters. The molecule has 2 aromatic heterocycles. The Balaban J connectivity index is 1.66. The number of ether oxygens (including phenoxy) is 1. The van der Waals surface area contributed by atoms with Crippen molar-refractivity contribution in [1.29, 1.82) is 0 Å². The number of hydrogen-bond donors (Lipinski definition) is 1. The summed E-state index contributed by atoms with van der Waals surface area (Å²) < 4.78 is 7.37. The Labute approximate surface area is 159 Å². The predicted molar refractivity (Wildman–Crippen MR) is 107 cm³/mol. The fourth-order valence-corrected chi connectivity index (χ4v) is 4.25. The van der Waals surface area contributed by atoms with Crippen molar-refractivity contribution < 1.29 is 4.74 Å². The van der Waals surface area contributed by atoms with E-state index >= 15 is 0 Å². The zero-order valence-electron chi connectivity index (χ0n) is 13.5. The molecule has 0 radical (unpaired) electrons. The van der Waals surface area contributed by atoms with Crippen molar-refractivity contribution in [3.63, 3.8) is 0 Å². The van der Waals surface area contributed by atoms with Gasteiger partial charge >= 0.3 is 0 Å². The Morgan fingerprint density at radius 2 is 2.17 bits per heavy atom. The summed E-state index contributed by atoms with van der Waals surface area (Å²) in [6.45, 7) is 3.09. The molecule has 1 aliphatic heterocycles. The summed E-state index contributed by atoms with van der Waals surface area (Å²) in [6.07, 6.45) is 4.08. The highest BCUT2D eigenvalue weighted by Gasteiger charge is 2.19. The maximum atomic E-state index is 6.19. The SMILES string of the molecule is CN1CCC(COc2ccc(I)c3c2[nH]c2ncc(Cl)cc23)CC1. The first-order valence-corrected chi connectivity index (χ1v) is 9.64. The van der Waals surface area contributed by atoms with Crippen LogP contribution in [0, 0.1) is 9.49 Å². The summed E-state index contributed by atoms with van der Waals surface area (Å²) in [5, 5.41) is 2.84. The summed E-state index contributed by atoms with van der Waals surface area (Å²) in [5.74, 6) is 1.53. The van der Waals surface area contributed by atoms with Crippen molar-refractivity contribution in [1.82, 2.24) is 14.9 Å². The molecule has 1 aliphatic rings. The van der Waals surface area contributed by atoms with Crippen LogP contribution < -0.4 is 4.74 Å². The van der Waals surface area contributed by atoms with Gasteiger partial charge in [-0.15, -0.1) is 0 Å². The number of likely N-dealkylation sites (tertiary alicyclic amines) is 1. The summed E-state index contributed by atoms with van der Waals surface area (Å²) in [6, 6.07) is 6.11. The van der Waals surface area contributed by atoms with Gasteiger partial charge in [-0.25, -0.2) is 4.98 Å². The molecule has 3 heterocycles. The van der Waals surface area contributed by atoms with Crippen LogP contribution in [-0.2, 0) is 0 Å². The molecule has 4 rings (SSSR count). The van der Waals surface area contributed by atoms with Crippen LogP contribution in [0.5, 0.6) is 5.75 Å². The largest absolute Gasteiger partial charge is 0.491 e. The highest BCUT2D eigenvalue weighted by molar-refractivity contribution is 14.1. The second-order valence-electron chi connectivity index (χ2n) is 6.53. The van der Waals surface area contributed by atoms with Gasteiger partial charge in [-0.1, -0.05) is 11.6 Å². The van der Waals surface area contributed by atoms with Crippen molar-refractivity contribution in [2.45, 2.75) is 12.8 Å². The molecule has 0 bridgehead atoms. The van der Waals surface area contributed by atoms with Crippen molar-refractivity contribution in [3.8, 4) is 5.75 Å². The number of aromatic amines is 1. The van der Waals surface area contributed by atoms with E-state index in [1.165, 1.54) is 16.4 Å². The lowest BCUT2D eigenvalue weighted by Crippen LogP contribution is -2.32. The zero-order valence-corrected chi connectivity index (χ0v) is 16.4. The zero-order chi connectivity index (χ0) is 16.7. The molecular weight excluding hydrogens is 437 g/mol. The van der Waals surface area contributed by atoms with E-state index in [0.717, 1.165) is 47.4 Å². The van der Waals surface area contributed by atoms with E-state index in [2.05, 4.69) is 56.6 Å². The molecule has 0 saturated carbocycles. The van der Waals surface area contributed by atoms with E-state index in [4.69, 9.17) is 16.3 Å². The van der Waals surface area contributed by atoms with E-state index in [-0.39, 0.29) is 0 Å². The highest BCUT2D eigenvalue weighted by Crippen LogP contribution is 2.35. The van der Waals surface area contributed by atoms with Gasteiger partial charge in [0, 0.05) is 20.5 Å². The van der Waals surface area contributed by atoms with Gasteiger partial charge in [0.1, 0.15) is 11.4 Å². The maximum absolute atomic E-state index is 6.19. The highest BCUT2D eigenvalue weighted by atomic mass is 127. The first kappa shape index (κ1) is 16.4. The van der Waals surface area contributed by atoms with E-state index in [1.54, 1.807) is 6.20 Å². The third-order valence-corrected chi connectivity index (χ3v) is 5.90. The van der Waals surface area contributed by atoms with Crippen LogP contribution in [0.3, 0.4) is 0 Å². The first-order valence-electron chi connectivity index (χ1n) is 8.18. The number of piperidine rings is 1. The molecule has 1 saturated heterocycles. The second-order valence-corrected chi connectivity index (χ2v) is 8.13. The monoisotopic (exact) mass is 455 g/mol. The van der Waals surface area contributed by atoms with Crippen LogP contribution in [0.2, 0.25) is 5.02 Å². The summed E-state index contributed by atoms with van der Waals surface area (Å²) in [5.41, 5.74) is 1.86. The lowest BCUT2D eigenvalue weighted by Gasteiger charge is -2.28. The molecule has 0 aliphatic carbocycles. The van der Waals surface area contributed by atoms with E-state index in [0.29, 0.717) is 10.9 Å². The molecule has 24 heavy (non-hydrogen) atoms. The minimum Gasteiger partial charge on any atom is -0.491 e. The van der Waals surface area contributed by atoms with Crippen LogP contribution in [0.15, 0.2) is 24.4 Å². The molecule has 4 nitrogen and oxygen atoms in total. The smallest absolute Gasteiger partial charge is 0.143 e. The van der Waals surface area contributed by atoms with Crippen molar-refractivity contribution in [2.75, 3.05) is 26.7 Å². The third kappa shape index (κ3) is 3.09. The standard InChI is InChI=1S/C18H19ClIN3O/c1-23-6-4-11(5-7-23)10-24-15-3-2-14(20)16-13-8-12(19)9-21-18(13)22-17(15)16/h2-3,8-9,11H,4-7,10H2,1H3,(H,21,22). The molecule has 1 N–H and O–H groups in total. The lowest BCUT2D eigenvalue weighted by atomic mass is 9.98. The van der Waals surface area contributed by atoms with Crippen LogP contribution >= 0.6 is 34.2 Å². The summed E-state index contributed by atoms with van der Waals surface area (Å²) >= 11 is 8.48. The molecule has 3 aromatic rings. The van der Waals surface area contributed by atoms with Gasteiger partial charge in [0.15, 0.2) is 0 Å². The number of pyridine rings is 1. The maximum Gasteiger partial charge on any atom is 0.143 e. The van der Waals surface area contributed by atoms with Crippen molar-refractivity contribution >= 4 is 56.1 Å². The number of fused-ring (bicyclic) bond motifs is 3. The molecule has 0 spiro atoms. The molecule has 126 valence electrons. The quantitative estimate of drug-likeness (QED) is 0.582. The summed E-state index contributed by atoms with van der Waals surface area (Å²) in [4.78, 5) is 10.2. The van der Waals surface area contributed by atoms with Crippen molar-refractivity contribution in [2.24, 2.45) is 5.92 Å². The van der Waals surface area contributed by atoms with E-state index in [9.17, 15) is 0 Å². The van der Waals surface area contributed by atoms with Gasteiger partial charge in [0.2, 0.25) is 0 Å². The molecule has 0 atom stereocenters. The Kier molecular flexibility index (Phi) is 4.58. The molecule has 6 heteroatoms. The fourth-order valence-electron chi connectivity index (χ4n) is 3.35. The molecule has 1 aromatic carbocycles. The average molecular weight is 456 g/mol. The normalized spacial score (nSPS) is 17.0. The van der Waals surface area contributed by atoms with Gasteiger partial charge in [-0.3, -0.25) is 0 Å². The van der Waals surface area contributed by atoms with Crippen LogP contribution in [0.4, 0.5) is 0 Å². The Morgan fingerprint density at radius 1 is 1.38 bits per heavy atom. The topological polar surface area (TPSA) is 41.1 Å². The molecular formula is C18H19ClIN3O. The van der Waals surface area contributed by atoms with Gasteiger partial charge in [0.25, 0.3) is 0 Å². The van der Waals surface area contributed by atoms with Crippen LogP contribution in [0.25, 0.3) is 21.9 Å². The number of benzene rings is 1. The molecule has 0 amide bonds. The minimum atomic E-state index is 0.632. The van der Waals surface area contributed by atoms with Crippen LogP contribution in [0.1, 0.15) is 12.8 Å². The average Bonchev–Trinajstić information content (AvgIpc) is 2.95. The summed E-state index contributed by atoms with van der Waals surface area (Å²) in [7, 11) is 2.18. The Bertz CT molecular complexity index is 887. The Morgan fingerprint density at radius 3 is 2.96 bits per heavy atom. The number of nitrogens with one attached hydrogen (secondary N) is 1. The number of halogens is 2. The van der Waals surface area contributed by atoms with Gasteiger partial charge in [-0.05, 0) is 79.7 Å². The number of rotatable bonds is 3. The van der Waals surface area contributed by atoms with Crippen LogP contribution in [-0.4, -0.2) is 41.6 Å². The van der Waals surface area contributed by atoms with Crippen molar-refractivity contribution in [3.05, 3.63) is 33.0 Å². The van der Waals surface area contributed by atoms with E-state index in [1.807, 2.05) is 6.07 Å². The fraction of sp³-hybridized carbons (Fsp3) is 0.389.